The van der Waals surface area contributed by atoms with Crippen molar-refractivity contribution in [3.05, 3.63) is 23.8 Å². The van der Waals surface area contributed by atoms with Crippen LogP contribution >= 0.6 is 0 Å². The molecule has 0 radical (unpaired) electrons. The highest BCUT2D eigenvalue weighted by Gasteiger charge is 2.36. The zero-order valence-corrected chi connectivity index (χ0v) is 16.0. The van der Waals surface area contributed by atoms with Gasteiger partial charge in [0.05, 0.1) is 16.9 Å². The van der Waals surface area contributed by atoms with Gasteiger partial charge < -0.3 is 20.3 Å². The van der Waals surface area contributed by atoms with Crippen LogP contribution < -0.4 is 20.9 Å². The van der Waals surface area contributed by atoms with E-state index in [9.17, 15) is 19.2 Å². The van der Waals surface area contributed by atoms with Crippen molar-refractivity contribution in [2.75, 3.05) is 23.4 Å². The number of nitrogens with one attached hydrogen (secondary N) is 3. The van der Waals surface area contributed by atoms with Crippen molar-refractivity contribution in [3.63, 3.8) is 0 Å². The number of benzene rings is 1. The highest BCUT2D eigenvalue weighted by molar-refractivity contribution is 6.05. The minimum Gasteiger partial charge on any atom is -0.452 e. The van der Waals surface area contributed by atoms with E-state index in [1.54, 1.807) is 18.2 Å². The molecule has 3 N–H and O–H groups in total. The van der Waals surface area contributed by atoms with Gasteiger partial charge in [0, 0.05) is 12.6 Å². The van der Waals surface area contributed by atoms with Gasteiger partial charge in [0.25, 0.3) is 5.91 Å². The molecule has 1 saturated heterocycles. The van der Waals surface area contributed by atoms with E-state index < -0.39 is 24.5 Å². The maximum Gasteiger partial charge on any atom is 0.338 e. The number of ether oxygens (including phenoxy) is 1. The summed E-state index contributed by atoms with van der Waals surface area (Å²) in [4.78, 5) is 50.2. The van der Waals surface area contributed by atoms with Crippen LogP contribution in [0.25, 0.3) is 0 Å². The summed E-state index contributed by atoms with van der Waals surface area (Å²) in [5.41, 5.74) is 1.66. The molecule has 4 amide bonds. The summed E-state index contributed by atoms with van der Waals surface area (Å²) in [6.45, 7) is 0.243. The third-order valence-electron chi connectivity index (χ3n) is 5.63. The van der Waals surface area contributed by atoms with Gasteiger partial charge in [0.2, 0.25) is 5.91 Å². The lowest BCUT2D eigenvalue weighted by atomic mass is 10.1. The Balaban J connectivity index is 1.31. The molecule has 0 unspecified atom stereocenters. The van der Waals surface area contributed by atoms with Crippen molar-refractivity contribution in [2.24, 2.45) is 0 Å². The Morgan fingerprint density at radius 1 is 1.14 bits per heavy atom. The molecule has 9 nitrogen and oxygen atoms in total. The van der Waals surface area contributed by atoms with Crippen molar-refractivity contribution in [3.8, 4) is 0 Å². The zero-order valence-electron chi connectivity index (χ0n) is 16.0. The number of rotatable bonds is 4. The predicted molar refractivity (Wildman–Crippen MR) is 105 cm³/mol. The molecule has 1 saturated carbocycles. The molecule has 3 aliphatic rings. The van der Waals surface area contributed by atoms with Crippen LogP contribution in [0.4, 0.5) is 16.2 Å². The lowest BCUT2D eigenvalue weighted by Gasteiger charge is -2.33. The number of anilines is 2. The monoisotopic (exact) mass is 400 g/mol. The summed E-state index contributed by atoms with van der Waals surface area (Å²) in [6, 6.07) is 4.30. The highest BCUT2D eigenvalue weighted by Crippen LogP contribution is 2.37. The smallest absolute Gasteiger partial charge is 0.338 e. The van der Waals surface area contributed by atoms with E-state index in [1.807, 2.05) is 4.90 Å². The fourth-order valence-electron chi connectivity index (χ4n) is 4.23. The number of nitrogens with zero attached hydrogens (tertiary/aromatic N) is 1. The van der Waals surface area contributed by atoms with E-state index in [4.69, 9.17) is 4.74 Å². The van der Waals surface area contributed by atoms with E-state index in [0.717, 1.165) is 50.8 Å². The number of fused-ring (bicyclic) bond motifs is 3. The Hall–Kier alpha value is -3.10. The molecule has 154 valence electrons. The average molecular weight is 400 g/mol. The van der Waals surface area contributed by atoms with Gasteiger partial charge in [-0.3, -0.25) is 14.9 Å². The average Bonchev–Trinajstić information content (AvgIpc) is 3.38. The number of hydrogen-bond donors (Lipinski definition) is 3. The Kier molecular flexibility index (Phi) is 5.37. The second kappa shape index (κ2) is 8.10. The van der Waals surface area contributed by atoms with Gasteiger partial charge in [0.15, 0.2) is 6.61 Å². The SMILES string of the molecule is O=C(COC(=O)c1ccc2c(c1)NC(=O)[C@H]1CCCN21)NC(=O)NC1CCCC1. The Labute approximate surface area is 168 Å². The number of hydrogen-bond acceptors (Lipinski definition) is 6. The molecule has 1 aromatic carbocycles. The van der Waals surface area contributed by atoms with Crippen molar-refractivity contribution >= 4 is 35.2 Å². The van der Waals surface area contributed by atoms with Crippen LogP contribution in [0.5, 0.6) is 0 Å². The molecule has 0 bridgehead atoms. The highest BCUT2D eigenvalue weighted by atomic mass is 16.5. The first-order valence-corrected chi connectivity index (χ1v) is 10.0. The summed E-state index contributed by atoms with van der Waals surface area (Å²) in [5.74, 6) is -1.47. The summed E-state index contributed by atoms with van der Waals surface area (Å²) in [5, 5.41) is 7.73. The summed E-state index contributed by atoms with van der Waals surface area (Å²) >= 11 is 0. The first kappa shape index (κ1) is 19.2. The molecular formula is C20H24N4O5. The topological polar surface area (TPSA) is 117 Å². The second-order valence-electron chi connectivity index (χ2n) is 7.65. The van der Waals surface area contributed by atoms with Gasteiger partial charge in [-0.05, 0) is 43.9 Å². The molecule has 29 heavy (non-hydrogen) atoms. The van der Waals surface area contributed by atoms with Crippen LogP contribution in [0, 0.1) is 0 Å². The van der Waals surface area contributed by atoms with E-state index in [0.29, 0.717) is 5.69 Å². The fraction of sp³-hybridized carbons (Fsp3) is 0.500. The lowest BCUT2D eigenvalue weighted by molar-refractivity contribution is -0.123. The summed E-state index contributed by atoms with van der Waals surface area (Å²) in [7, 11) is 0. The largest absolute Gasteiger partial charge is 0.452 e. The van der Waals surface area contributed by atoms with Crippen molar-refractivity contribution < 1.29 is 23.9 Å². The number of amides is 4. The van der Waals surface area contributed by atoms with Crippen LogP contribution in [0.15, 0.2) is 18.2 Å². The Morgan fingerprint density at radius 2 is 1.93 bits per heavy atom. The predicted octanol–water partition coefficient (Wildman–Crippen LogP) is 1.53. The maximum absolute atomic E-state index is 12.3. The molecule has 9 heteroatoms. The third-order valence-corrected chi connectivity index (χ3v) is 5.63. The molecule has 1 aromatic rings. The quantitative estimate of drug-likeness (QED) is 0.660. The summed E-state index contributed by atoms with van der Waals surface area (Å²) in [6.07, 6.45) is 5.71. The van der Waals surface area contributed by atoms with E-state index >= 15 is 0 Å². The standard InChI is InChI=1S/C20H24N4O5/c25-17(23-20(28)21-13-4-1-2-5-13)11-29-19(27)12-7-8-15-14(10-12)22-18(26)16-6-3-9-24(15)16/h7-8,10,13,16H,1-6,9,11H2,(H,22,26)(H2,21,23,25,28)/t16-/m1/s1. The third kappa shape index (κ3) is 4.18. The van der Waals surface area contributed by atoms with E-state index in [2.05, 4.69) is 16.0 Å². The first-order chi connectivity index (χ1) is 14.0. The molecule has 1 atom stereocenters. The Morgan fingerprint density at radius 3 is 2.72 bits per heavy atom. The second-order valence-corrected chi connectivity index (χ2v) is 7.65. The zero-order chi connectivity index (χ0) is 20.4. The molecule has 2 fully saturated rings. The van der Waals surface area contributed by atoms with Crippen LogP contribution in [-0.4, -0.2) is 49.1 Å². The van der Waals surface area contributed by atoms with Gasteiger partial charge in [0.1, 0.15) is 6.04 Å². The van der Waals surface area contributed by atoms with Crippen LogP contribution in [-0.2, 0) is 14.3 Å². The number of carbonyl (C=O) groups excluding carboxylic acids is 4. The molecule has 4 rings (SSSR count). The molecular weight excluding hydrogens is 376 g/mol. The molecule has 2 heterocycles. The minimum absolute atomic E-state index is 0.0758. The number of urea groups is 1. The van der Waals surface area contributed by atoms with Gasteiger partial charge in [-0.15, -0.1) is 0 Å². The normalized spacial score (nSPS) is 20.5. The number of carbonyl (C=O) groups is 4. The van der Waals surface area contributed by atoms with Crippen molar-refractivity contribution in [1.29, 1.82) is 0 Å². The minimum atomic E-state index is -0.697. The van der Waals surface area contributed by atoms with Crippen LogP contribution in [0.1, 0.15) is 48.9 Å². The molecule has 0 spiro atoms. The molecule has 1 aliphatic carbocycles. The lowest BCUT2D eigenvalue weighted by Crippen LogP contribution is -2.45. The van der Waals surface area contributed by atoms with Crippen molar-refractivity contribution in [1.82, 2.24) is 10.6 Å². The molecule has 2 aliphatic heterocycles. The van der Waals surface area contributed by atoms with Gasteiger partial charge in [-0.1, -0.05) is 12.8 Å². The maximum atomic E-state index is 12.3. The van der Waals surface area contributed by atoms with Gasteiger partial charge in [-0.25, -0.2) is 9.59 Å². The van der Waals surface area contributed by atoms with E-state index in [-0.39, 0.29) is 23.6 Å². The van der Waals surface area contributed by atoms with E-state index in [1.165, 1.54) is 0 Å². The van der Waals surface area contributed by atoms with Crippen LogP contribution in [0.3, 0.4) is 0 Å². The Bertz CT molecular complexity index is 849. The fourth-order valence-corrected chi connectivity index (χ4v) is 4.23. The summed E-state index contributed by atoms with van der Waals surface area (Å²) < 4.78 is 5.01. The van der Waals surface area contributed by atoms with Crippen molar-refractivity contribution in [2.45, 2.75) is 50.6 Å². The van der Waals surface area contributed by atoms with Gasteiger partial charge in [-0.2, -0.15) is 0 Å². The first-order valence-electron chi connectivity index (χ1n) is 10.0. The van der Waals surface area contributed by atoms with Crippen LogP contribution in [0.2, 0.25) is 0 Å². The van der Waals surface area contributed by atoms with Gasteiger partial charge >= 0.3 is 12.0 Å². The molecule has 0 aromatic heterocycles. The number of imide groups is 1. The number of esters is 1.